The zero-order chi connectivity index (χ0) is 18.4. The Kier molecular flexibility index (Phi) is 9.18. The highest BCUT2D eigenvalue weighted by Gasteiger charge is 2.10. The number of halogens is 3. The molecule has 0 fully saturated rings. The van der Waals surface area contributed by atoms with Gasteiger partial charge >= 0.3 is 5.97 Å². The van der Waals surface area contributed by atoms with Crippen molar-refractivity contribution < 1.29 is 9.53 Å². The lowest BCUT2D eigenvalue weighted by atomic mass is 10.1. The lowest BCUT2D eigenvalue weighted by Gasteiger charge is -2.16. The Morgan fingerprint density at radius 3 is 2.46 bits per heavy atom. The van der Waals surface area contributed by atoms with E-state index in [9.17, 15) is 4.79 Å². The van der Waals surface area contributed by atoms with Crippen LogP contribution in [-0.2, 0) is 11.3 Å². The minimum Gasteiger partial charge on any atom is -0.465 e. The molecule has 140 valence electrons. The van der Waals surface area contributed by atoms with Gasteiger partial charge in [-0.25, -0.2) is 9.79 Å². The van der Waals surface area contributed by atoms with Gasteiger partial charge in [-0.05, 0) is 42.3 Å². The molecule has 0 amide bonds. The maximum atomic E-state index is 11.4. The molecule has 0 bridgehead atoms. The van der Waals surface area contributed by atoms with E-state index in [1.165, 1.54) is 7.11 Å². The molecule has 1 unspecified atom stereocenters. The Labute approximate surface area is 179 Å². The SMILES string of the molecule is COC(=O)c1ccc(CN=C(N)NC(C)c2ccc(Cl)cc2Cl)cc1.I. The highest BCUT2D eigenvalue weighted by molar-refractivity contribution is 14.0. The third kappa shape index (κ3) is 6.34. The van der Waals surface area contributed by atoms with Crippen molar-refractivity contribution in [3.63, 3.8) is 0 Å². The van der Waals surface area contributed by atoms with Gasteiger partial charge in [-0.1, -0.05) is 41.4 Å². The third-order valence-electron chi connectivity index (χ3n) is 3.60. The van der Waals surface area contributed by atoms with Crippen LogP contribution < -0.4 is 11.1 Å². The highest BCUT2D eigenvalue weighted by Crippen LogP contribution is 2.25. The predicted octanol–water partition coefficient (Wildman–Crippen LogP) is 4.56. The Morgan fingerprint density at radius 1 is 1.23 bits per heavy atom. The number of carbonyl (C=O) groups is 1. The number of benzene rings is 2. The molecule has 3 N–H and O–H groups in total. The van der Waals surface area contributed by atoms with Crippen molar-refractivity contribution in [3.05, 3.63) is 69.2 Å². The number of esters is 1. The second-order valence-corrected chi connectivity index (χ2v) is 6.27. The van der Waals surface area contributed by atoms with E-state index < -0.39 is 0 Å². The molecule has 0 aliphatic heterocycles. The van der Waals surface area contributed by atoms with Gasteiger partial charge in [0.25, 0.3) is 0 Å². The Morgan fingerprint density at radius 2 is 1.88 bits per heavy atom. The molecular formula is C18H20Cl2IN3O2. The molecular weight excluding hydrogens is 488 g/mol. The second kappa shape index (κ2) is 10.6. The second-order valence-electron chi connectivity index (χ2n) is 5.42. The Bertz CT molecular complexity index is 783. The van der Waals surface area contributed by atoms with Crippen molar-refractivity contribution in [2.45, 2.75) is 19.5 Å². The van der Waals surface area contributed by atoms with Gasteiger partial charge in [0.15, 0.2) is 5.96 Å². The Balaban J connectivity index is 0.00000338. The molecule has 5 nitrogen and oxygen atoms in total. The van der Waals surface area contributed by atoms with Gasteiger partial charge in [-0.3, -0.25) is 0 Å². The van der Waals surface area contributed by atoms with Crippen molar-refractivity contribution in [2.75, 3.05) is 7.11 Å². The first-order chi connectivity index (χ1) is 11.9. The van der Waals surface area contributed by atoms with Gasteiger partial charge in [0.2, 0.25) is 0 Å². The lowest BCUT2D eigenvalue weighted by Crippen LogP contribution is -2.34. The van der Waals surface area contributed by atoms with Crippen LogP contribution in [0.2, 0.25) is 10.0 Å². The van der Waals surface area contributed by atoms with Crippen LogP contribution in [0.3, 0.4) is 0 Å². The number of carbonyl (C=O) groups excluding carboxylic acids is 1. The molecule has 0 aromatic heterocycles. The van der Waals surface area contributed by atoms with Gasteiger partial charge in [0.05, 0.1) is 25.3 Å². The number of guanidine groups is 1. The van der Waals surface area contributed by atoms with E-state index in [4.69, 9.17) is 28.9 Å². The summed E-state index contributed by atoms with van der Waals surface area (Å²) < 4.78 is 4.66. The van der Waals surface area contributed by atoms with Crippen molar-refractivity contribution in [1.29, 1.82) is 0 Å². The van der Waals surface area contributed by atoms with E-state index >= 15 is 0 Å². The molecule has 2 aromatic carbocycles. The first-order valence-corrected chi connectivity index (χ1v) is 8.35. The summed E-state index contributed by atoms with van der Waals surface area (Å²) in [5, 5.41) is 4.24. The average Bonchev–Trinajstić information content (AvgIpc) is 2.59. The quantitative estimate of drug-likeness (QED) is 0.269. The molecule has 26 heavy (non-hydrogen) atoms. The number of nitrogens with zero attached hydrogens (tertiary/aromatic N) is 1. The molecule has 2 aromatic rings. The largest absolute Gasteiger partial charge is 0.465 e. The lowest BCUT2D eigenvalue weighted by molar-refractivity contribution is 0.0600. The van der Waals surface area contributed by atoms with Crippen LogP contribution in [0, 0.1) is 0 Å². The fraction of sp³-hybridized carbons (Fsp3) is 0.222. The summed E-state index contributed by atoms with van der Waals surface area (Å²) >= 11 is 12.1. The summed E-state index contributed by atoms with van der Waals surface area (Å²) in [7, 11) is 1.35. The van der Waals surface area contributed by atoms with Crippen molar-refractivity contribution in [3.8, 4) is 0 Å². The van der Waals surface area contributed by atoms with Crippen LogP contribution in [-0.4, -0.2) is 19.0 Å². The molecule has 0 aliphatic rings. The maximum absolute atomic E-state index is 11.4. The predicted molar refractivity (Wildman–Crippen MR) is 117 cm³/mol. The molecule has 2 rings (SSSR count). The van der Waals surface area contributed by atoms with Gasteiger partial charge in [0, 0.05) is 10.0 Å². The van der Waals surface area contributed by atoms with Crippen molar-refractivity contribution in [2.24, 2.45) is 10.7 Å². The van der Waals surface area contributed by atoms with Gasteiger partial charge in [0.1, 0.15) is 0 Å². The number of ether oxygens (including phenoxy) is 1. The summed E-state index contributed by atoms with van der Waals surface area (Å²) in [6.07, 6.45) is 0. The molecule has 1 atom stereocenters. The number of nitrogens with one attached hydrogen (secondary N) is 1. The minimum absolute atomic E-state index is 0. The number of methoxy groups -OCH3 is 1. The maximum Gasteiger partial charge on any atom is 0.337 e. The molecule has 0 heterocycles. The molecule has 0 radical (unpaired) electrons. The van der Waals surface area contributed by atoms with Gasteiger partial charge in [-0.2, -0.15) is 0 Å². The number of rotatable bonds is 5. The van der Waals surface area contributed by atoms with E-state index in [1.807, 2.05) is 25.1 Å². The molecule has 0 spiro atoms. The fourth-order valence-electron chi connectivity index (χ4n) is 2.24. The zero-order valence-corrected chi connectivity index (χ0v) is 18.2. The summed E-state index contributed by atoms with van der Waals surface area (Å²) in [5.74, 6) is -0.0690. The highest BCUT2D eigenvalue weighted by atomic mass is 127. The summed E-state index contributed by atoms with van der Waals surface area (Å²) in [6.45, 7) is 2.32. The van der Waals surface area contributed by atoms with E-state index in [1.54, 1.807) is 24.3 Å². The number of hydrogen-bond acceptors (Lipinski definition) is 3. The minimum atomic E-state index is -0.370. The average molecular weight is 508 g/mol. The van der Waals surface area contributed by atoms with Crippen LogP contribution >= 0.6 is 47.2 Å². The van der Waals surface area contributed by atoms with Crippen LogP contribution in [0.1, 0.15) is 34.5 Å². The van der Waals surface area contributed by atoms with Crippen LogP contribution in [0.5, 0.6) is 0 Å². The summed E-state index contributed by atoms with van der Waals surface area (Å²) in [6, 6.07) is 12.2. The smallest absolute Gasteiger partial charge is 0.337 e. The first kappa shape index (κ1) is 22.5. The van der Waals surface area contributed by atoms with Crippen molar-refractivity contribution in [1.82, 2.24) is 5.32 Å². The molecule has 8 heteroatoms. The monoisotopic (exact) mass is 507 g/mol. The van der Waals surface area contributed by atoms with E-state index in [0.717, 1.165) is 11.1 Å². The molecule has 0 saturated carbocycles. The standard InChI is InChI=1S/C18H19Cl2N3O2.HI/c1-11(15-8-7-14(19)9-16(15)20)23-18(21)22-10-12-3-5-13(6-4-12)17(24)25-2;/h3-9,11H,10H2,1-2H3,(H3,21,22,23);1H. The number of hydrogen-bond donors (Lipinski definition) is 2. The molecule has 0 aliphatic carbocycles. The van der Waals surface area contributed by atoms with Crippen LogP contribution in [0.4, 0.5) is 0 Å². The fourth-order valence-corrected chi connectivity index (χ4v) is 2.81. The normalized spacial score (nSPS) is 12.1. The van der Waals surface area contributed by atoms with Gasteiger partial charge < -0.3 is 15.8 Å². The third-order valence-corrected chi connectivity index (χ3v) is 4.16. The van der Waals surface area contributed by atoms with E-state index in [-0.39, 0.29) is 36.0 Å². The summed E-state index contributed by atoms with van der Waals surface area (Å²) in [4.78, 5) is 15.7. The number of aliphatic imine (C=N–C) groups is 1. The van der Waals surface area contributed by atoms with Crippen LogP contribution in [0.15, 0.2) is 47.5 Å². The summed E-state index contributed by atoms with van der Waals surface area (Å²) in [5.41, 5.74) is 8.23. The van der Waals surface area contributed by atoms with Crippen LogP contribution in [0.25, 0.3) is 0 Å². The van der Waals surface area contributed by atoms with E-state index in [2.05, 4.69) is 15.0 Å². The first-order valence-electron chi connectivity index (χ1n) is 7.59. The number of nitrogens with two attached hydrogens (primary N) is 1. The van der Waals surface area contributed by atoms with E-state index in [0.29, 0.717) is 28.1 Å². The van der Waals surface area contributed by atoms with Crippen molar-refractivity contribution >= 4 is 59.1 Å². The molecule has 0 saturated heterocycles. The topological polar surface area (TPSA) is 76.7 Å². The zero-order valence-electron chi connectivity index (χ0n) is 14.3. The van der Waals surface area contributed by atoms with Gasteiger partial charge in [-0.15, -0.1) is 24.0 Å². The Hall–Kier alpha value is -1.51.